The Balaban J connectivity index is 1.29. The summed E-state index contributed by atoms with van der Waals surface area (Å²) in [5.74, 6) is -2.51. The highest BCUT2D eigenvalue weighted by Crippen LogP contribution is 2.27. The van der Waals surface area contributed by atoms with Crippen LogP contribution in [0.25, 0.3) is 11.1 Å². The molecule has 1 heterocycles. The zero-order valence-corrected chi connectivity index (χ0v) is 21.6. The van der Waals surface area contributed by atoms with Crippen LogP contribution in [0.3, 0.4) is 0 Å². The van der Waals surface area contributed by atoms with Crippen LogP contribution in [0.4, 0.5) is 23.2 Å². The molecule has 0 spiro atoms. The summed E-state index contributed by atoms with van der Waals surface area (Å²) in [6, 6.07) is 17.7. The van der Waals surface area contributed by atoms with Crippen molar-refractivity contribution in [2.24, 2.45) is 0 Å². The Hall–Kier alpha value is -3.64. The predicted molar refractivity (Wildman–Crippen MR) is 139 cm³/mol. The van der Waals surface area contributed by atoms with Crippen LogP contribution >= 0.6 is 0 Å². The molecular formula is C27H27F4N3O4S. The van der Waals surface area contributed by atoms with Gasteiger partial charge in [-0.3, -0.25) is 9.69 Å². The van der Waals surface area contributed by atoms with Crippen molar-refractivity contribution in [2.75, 3.05) is 36.8 Å². The number of nitrogens with zero attached hydrogens (tertiary/aromatic N) is 2. The molecule has 3 aromatic rings. The highest BCUT2D eigenvalue weighted by Gasteiger charge is 2.30. The second kappa shape index (κ2) is 11.6. The summed E-state index contributed by atoms with van der Waals surface area (Å²) in [5, 5.41) is 9.65. The number of amides is 1. The van der Waals surface area contributed by atoms with E-state index in [1.165, 1.54) is 30.3 Å². The van der Waals surface area contributed by atoms with Gasteiger partial charge >= 0.3 is 6.18 Å². The van der Waals surface area contributed by atoms with E-state index in [0.29, 0.717) is 43.9 Å². The Bertz CT molecular complexity index is 1420. The molecule has 1 aliphatic rings. The molecule has 1 aliphatic heterocycles. The molecule has 1 saturated heterocycles. The zero-order valence-electron chi connectivity index (χ0n) is 20.8. The monoisotopic (exact) mass is 565 g/mol. The van der Waals surface area contributed by atoms with E-state index in [0.717, 1.165) is 11.3 Å². The number of carbonyl (C=O) groups is 1. The fourth-order valence-electron chi connectivity index (χ4n) is 4.31. The average Bonchev–Trinajstić information content (AvgIpc) is 2.88. The van der Waals surface area contributed by atoms with Gasteiger partial charge in [0.15, 0.2) is 0 Å². The van der Waals surface area contributed by atoms with Crippen LogP contribution in [0.1, 0.15) is 22.3 Å². The summed E-state index contributed by atoms with van der Waals surface area (Å²) >= 11 is 0. The number of phenolic OH excluding ortho intramolecular Hbond substituents is 1. The maximum Gasteiger partial charge on any atom is 0.390 e. The van der Waals surface area contributed by atoms with Crippen molar-refractivity contribution in [1.29, 1.82) is 0 Å². The average molecular weight is 566 g/mol. The summed E-state index contributed by atoms with van der Waals surface area (Å²) in [7, 11) is -4.41. The third-order valence-corrected chi connectivity index (χ3v) is 7.60. The Morgan fingerprint density at radius 1 is 0.949 bits per heavy atom. The standard InChI is InChI=1S/C27H27F4N3O4S/c28-25-16-19(4-9-24(25)21-2-1-3-23(35)17-21)18-33-11-13-34(14-12-33)22-7-5-20(6-8-22)26(36)32-39(37,38)15-10-27(29,30)31/h1-9,16-17,35H,10-15,18H2,(H,32,36). The van der Waals surface area contributed by atoms with Crippen molar-refractivity contribution in [2.45, 2.75) is 19.1 Å². The smallest absolute Gasteiger partial charge is 0.390 e. The van der Waals surface area contributed by atoms with Gasteiger partial charge in [0.2, 0.25) is 10.0 Å². The van der Waals surface area contributed by atoms with Crippen molar-refractivity contribution in [3.05, 3.63) is 83.7 Å². The number of halogens is 4. The number of nitrogens with one attached hydrogen (secondary N) is 1. The minimum Gasteiger partial charge on any atom is -0.508 e. The summed E-state index contributed by atoms with van der Waals surface area (Å²) in [6.07, 6.45) is -6.18. The van der Waals surface area contributed by atoms with E-state index in [2.05, 4.69) is 9.80 Å². The first-order chi connectivity index (χ1) is 18.4. The van der Waals surface area contributed by atoms with Gasteiger partial charge in [-0.2, -0.15) is 13.2 Å². The first-order valence-electron chi connectivity index (χ1n) is 12.2. The first-order valence-corrected chi connectivity index (χ1v) is 13.8. The number of sulfonamides is 1. The maximum atomic E-state index is 14.8. The van der Waals surface area contributed by atoms with Gasteiger partial charge in [0.1, 0.15) is 11.6 Å². The number of anilines is 1. The fourth-order valence-corrected chi connectivity index (χ4v) is 5.31. The lowest BCUT2D eigenvalue weighted by Gasteiger charge is -2.36. The number of carbonyl (C=O) groups excluding carboxylic acids is 1. The number of aromatic hydroxyl groups is 1. The highest BCUT2D eigenvalue weighted by molar-refractivity contribution is 7.90. The zero-order chi connectivity index (χ0) is 28.2. The largest absolute Gasteiger partial charge is 0.508 e. The molecule has 12 heteroatoms. The van der Waals surface area contributed by atoms with Crippen molar-refractivity contribution in [3.8, 4) is 16.9 Å². The molecule has 0 aromatic heterocycles. The summed E-state index contributed by atoms with van der Waals surface area (Å²) in [4.78, 5) is 16.5. The third kappa shape index (κ3) is 7.93. The fraction of sp³-hybridized carbons (Fsp3) is 0.296. The number of phenols is 1. The number of hydrogen-bond acceptors (Lipinski definition) is 6. The second-order valence-corrected chi connectivity index (χ2v) is 11.1. The lowest BCUT2D eigenvalue weighted by atomic mass is 10.0. The molecule has 208 valence electrons. The number of alkyl halides is 3. The predicted octanol–water partition coefficient (Wildman–Crippen LogP) is 4.53. The van der Waals surface area contributed by atoms with Gasteiger partial charge in [-0.15, -0.1) is 0 Å². The van der Waals surface area contributed by atoms with Crippen LogP contribution in [-0.2, 0) is 16.6 Å². The van der Waals surface area contributed by atoms with Gasteiger partial charge in [0.05, 0.1) is 12.2 Å². The molecule has 1 fully saturated rings. The van der Waals surface area contributed by atoms with Crippen molar-refractivity contribution < 1.29 is 35.9 Å². The second-order valence-electron chi connectivity index (χ2n) is 9.29. The summed E-state index contributed by atoms with van der Waals surface area (Å²) < 4.78 is 76.9. The highest BCUT2D eigenvalue weighted by atomic mass is 32.2. The van der Waals surface area contributed by atoms with Crippen LogP contribution in [0.15, 0.2) is 66.7 Å². The minimum atomic E-state index is -4.64. The molecule has 4 rings (SSSR count). The van der Waals surface area contributed by atoms with Crippen LogP contribution in [0.2, 0.25) is 0 Å². The Morgan fingerprint density at radius 2 is 1.64 bits per heavy atom. The van der Waals surface area contributed by atoms with Crippen LogP contribution in [0, 0.1) is 5.82 Å². The Labute approximate surface area is 223 Å². The Morgan fingerprint density at radius 3 is 2.26 bits per heavy atom. The number of hydrogen-bond donors (Lipinski definition) is 2. The molecule has 0 aliphatic carbocycles. The lowest BCUT2D eigenvalue weighted by Crippen LogP contribution is -2.46. The lowest BCUT2D eigenvalue weighted by molar-refractivity contribution is -0.130. The van der Waals surface area contributed by atoms with E-state index in [1.54, 1.807) is 35.1 Å². The van der Waals surface area contributed by atoms with Crippen LogP contribution in [-0.4, -0.2) is 62.4 Å². The van der Waals surface area contributed by atoms with E-state index in [1.807, 2.05) is 6.07 Å². The molecule has 1 amide bonds. The van der Waals surface area contributed by atoms with E-state index in [-0.39, 0.29) is 17.1 Å². The van der Waals surface area contributed by atoms with Crippen LogP contribution < -0.4 is 9.62 Å². The third-order valence-electron chi connectivity index (χ3n) is 6.37. The quantitative estimate of drug-likeness (QED) is 0.390. The normalized spacial score (nSPS) is 14.8. The van der Waals surface area contributed by atoms with E-state index in [9.17, 15) is 35.9 Å². The van der Waals surface area contributed by atoms with E-state index in [4.69, 9.17) is 0 Å². The first kappa shape index (κ1) is 28.4. The number of piperazine rings is 1. The SMILES string of the molecule is O=C(NS(=O)(=O)CCC(F)(F)F)c1ccc(N2CCN(Cc3ccc(-c4cccc(O)c4)c(F)c3)CC2)cc1. The van der Waals surface area contributed by atoms with Gasteiger partial charge in [0.25, 0.3) is 5.91 Å². The van der Waals surface area contributed by atoms with Gasteiger partial charge in [-0.25, -0.2) is 17.5 Å². The molecule has 39 heavy (non-hydrogen) atoms. The van der Waals surface area contributed by atoms with Crippen molar-refractivity contribution in [1.82, 2.24) is 9.62 Å². The maximum absolute atomic E-state index is 14.8. The van der Waals surface area contributed by atoms with E-state index < -0.39 is 34.3 Å². The number of rotatable bonds is 8. The molecule has 2 N–H and O–H groups in total. The Kier molecular flexibility index (Phi) is 8.45. The molecule has 7 nitrogen and oxygen atoms in total. The molecule has 0 atom stereocenters. The van der Waals surface area contributed by atoms with Crippen molar-refractivity contribution in [3.63, 3.8) is 0 Å². The van der Waals surface area contributed by atoms with Gasteiger partial charge in [-0.05, 0) is 53.6 Å². The molecule has 3 aromatic carbocycles. The summed E-state index contributed by atoms with van der Waals surface area (Å²) in [6.45, 7) is 3.31. The van der Waals surface area contributed by atoms with Crippen LogP contribution in [0.5, 0.6) is 5.75 Å². The number of benzene rings is 3. The molecule has 0 saturated carbocycles. The topological polar surface area (TPSA) is 90.0 Å². The molecule has 0 unspecified atom stereocenters. The van der Waals surface area contributed by atoms with Gasteiger partial charge in [0, 0.05) is 49.5 Å². The summed E-state index contributed by atoms with van der Waals surface area (Å²) in [5.41, 5.74) is 2.66. The molecule has 0 bridgehead atoms. The van der Waals surface area contributed by atoms with Gasteiger partial charge in [-0.1, -0.05) is 24.3 Å². The van der Waals surface area contributed by atoms with E-state index >= 15 is 0 Å². The van der Waals surface area contributed by atoms with Gasteiger partial charge < -0.3 is 10.0 Å². The molecule has 0 radical (unpaired) electrons. The van der Waals surface area contributed by atoms with Crippen molar-refractivity contribution >= 4 is 21.6 Å². The minimum absolute atomic E-state index is 0.0177. The molecular weight excluding hydrogens is 538 g/mol.